The van der Waals surface area contributed by atoms with Gasteiger partial charge in [-0.2, -0.15) is 0 Å². The van der Waals surface area contributed by atoms with Gasteiger partial charge >= 0.3 is 0 Å². The largest absolute Gasteiger partial charge is 0.348 e. The second-order valence-corrected chi connectivity index (χ2v) is 9.65. The molecule has 3 heterocycles. The molecule has 1 aromatic carbocycles. The van der Waals surface area contributed by atoms with Crippen LogP contribution in [-0.4, -0.2) is 36.5 Å². The molecule has 2 fully saturated rings. The minimum atomic E-state index is -2.49. The van der Waals surface area contributed by atoms with Crippen molar-refractivity contribution < 1.29 is 8.78 Å². The fourth-order valence-corrected chi connectivity index (χ4v) is 5.71. The Labute approximate surface area is 184 Å². The van der Waals surface area contributed by atoms with E-state index in [1.807, 2.05) is 30.5 Å². The summed E-state index contributed by atoms with van der Waals surface area (Å²) in [6.45, 7) is 2.34. The van der Waals surface area contributed by atoms with E-state index in [2.05, 4.69) is 32.3 Å². The fourth-order valence-electron chi connectivity index (χ4n) is 5.71. The van der Waals surface area contributed by atoms with Crippen molar-refractivity contribution in [3.63, 3.8) is 0 Å². The van der Waals surface area contributed by atoms with Crippen LogP contribution in [-0.2, 0) is 6.42 Å². The predicted octanol–water partition coefficient (Wildman–Crippen LogP) is 5.28. The summed E-state index contributed by atoms with van der Waals surface area (Å²) in [5.41, 5.74) is 4.55. The fraction of sp³-hybridized carbons (Fsp3) is 0.417. The molecule has 8 heteroatoms. The maximum Gasteiger partial charge on any atom is 0.244 e. The predicted molar refractivity (Wildman–Crippen MR) is 119 cm³/mol. The minimum absolute atomic E-state index is 0.0163. The third-order valence-electron chi connectivity index (χ3n) is 7.27. The van der Waals surface area contributed by atoms with Crippen LogP contribution >= 0.6 is 0 Å². The van der Waals surface area contributed by atoms with E-state index in [4.69, 9.17) is 0 Å². The lowest BCUT2D eigenvalue weighted by Crippen LogP contribution is -2.34. The van der Waals surface area contributed by atoms with E-state index < -0.39 is 12.8 Å². The standard InChI is InChI=1S/C24H24F2N6/c1-23-5-7-24(14-23,8-6-23)30-22-29-19(13-20(25)26)21-16(4-11-32(21)31-22)15-2-3-17-18(12-15)28-10-9-27-17/h2-4,9-12,20H,5-8,13-14H2,1H3,(H,30,31). The normalized spacial score (nSPS) is 24.8. The quantitative estimate of drug-likeness (QED) is 0.463. The molecular formula is C24H24F2N6. The third kappa shape index (κ3) is 3.20. The average molecular weight is 434 g/mol. The molecule has 2 saturated carbocycles. The number of anilines is 1. The van der Waals surface area contributed by atoms with Crippen LogP contribution in [0.15, 0.2) is 42.9 Å². The van der Waals surface area contributed by atoms with Crippen LogP contribution in [0.3, 0.4) is 0 Å². The monoisotopic (exact) mass is 434 g/mol. The maximum absolute atomic E-state index is 13.5. The van der Waals surface area contributed by atoms with E-state index in [0.717, 1.165) is 41.4 Å². The molecule has 32 heavy (non-hydrogen) atoms. The number of rotatable bonds is 5. The molecule has 4 aromatic rings. The van der Waals surface area contributed by atoms with Crippen molar-refractivity contribution >= 4 is 22.5 Å². The van der Waals surface area contributed by atoms with Gasteiger partial charge in [-0.15, -0.1) is 5.10 Å². The lowest BCUT2D eigenvalue weighted by Gasteiger charge is -2.28. The summed E-state index contributed by atoms with van der Waals surface area (Å²) in [6, 6.07) is 7.65. The van der Waals surface area contributed by atoms with Crippen LogP contribution in [0.1, 0.15) is 44.7 Å². The van der Waals surface area contributed by atoms with Crippen molar-refractivity contribution in [1.29, 1.82) is 0 Å². The van der Waals surface area contributed by atoms with Crippen molar-refractivity contribution in [3.8, 4) is 11.1 Å². The Bertz CT molecular complexity index is 1320. The second kappa shape index (κ2) is 6.92. The number of hydrogen-bond donors (Lipinski definition) is 1. The number of halogens is 2. The summed E-state index contributed by atoms with van der Waals surface area (Å²) in [7, 11) is 0. The summed E-state index contributed by atoms with van der Waals surface area (Å²) in [6.07, 6.45) is 7.80. The Morgan fingerprint density at radius 1 is 1.06 bits per heavy atom. The number of alkyl halides is 2. The molecular weight excluding hydrogens is 410 g/mol. The van der Waals surface area contributed by atoms with Gasteiger partial charge in [-0.05, 0) is 61.3 Å². The van der Waals surface area contributed by atoms with E-state index >= 15 is 0 Å². The molecule has 2 bridgehead atoms. The van der Waals surface area contributed by atoms with Crippen LogP contribution in [0.2, 0.25) is 0 Å². The summed E-state index contributed by atoms with van der Waals surface area (Å²) >= 11 is 0. The van der Waals surface area contributed by atoms with Crippen molar-refractivity contribution in [3.05, 3.63) is 48.5 Å². The molecule has 0 radical (unpaired) electrons. The summed E-state index contributed by atoms with van der Waals surface area (Å²) < 4.78 is 28.7. The Morgan fingerprint density at radius 3 is 2.56 bits per heavy atom. The SMILES string of the molecule is CC12CCC(Nc3nc(CC(F)F)c4c(-c5ccc6nccnc6c5)ccn4n3)(CC1)C2. The number of fused-ring (bicyclic) bond motifs is 4. The van der Waals surface area contributed by atoms with E-state index in [1.54, 1.807) is 16.9 Å². The molecule has 0 saturated heterocycles. The number of nitrogens with one attached hydrogen (secondary N) is 1. The molecule has 3 aromatic heterocycles. The van der Waals surface area contributed by atoms with Gasteiger partial charge in [0, 0.05) is 29.7 Å². The highest BCUT2D eigenvalue weighted by molar-refractivity contribution is 5.88. The molecule has 0 aliphatic heterocycles. The first-order valence-corrected chi connectivity index (χ1v) is 11.1. The zero-order valence-electron chi connectivity index (χ0n) is 17.9. The molecule has 6 nitrogen and oxygen atoms in total. The van der Waals surface area contributed by atoms with Gasteiger partial charge in [0.15, 0.2) is 0 Å². The van der Waals surface area contributed by atoms with Gasteiger partial charge in [-0.1, -0.05) is 13.0 Å². The van der Waals surface area contributed by atoms with Crippen LogP contribution in [0.4, 0.5) is 14.7 Å². The van der Waals surface area contributed by atoms with Gasteiger partial charge in [0.25, 0.3) is 0 Å². The van der Waals surface area contributed by atoms with Crippen LogP contribution < -0.4 is 5.32 Å². The Hall–Kier alpha value is -3.16. The topological polar surface area (TPSA) is 68.0 Å². The zero-order chi connectivity index (χ0) is 21.9. The van der Waals surface area contributed by atoms with E-state index in [9.17, 15) is 8.78 Å². The smallest absolute Gasteiger partial charge is 0.244 e. The van der Waals surface area contributed by atoms with Crippen molar-refractivity contribution in [2.45, 2.75) is 57.4 Å². The van der Waals surface area contributed by atoms with E-state index in [-0.39, 0.29) is 5.54 Å². The first kappa shape index (κ1) is 19.5. The molecule has 164 valence electrons. The van der Waals surface area contributed by atoms with Gasteiger partial charge in [-0.25, -0.2) is 18.3 Å². The number of hydrogen-bond acceptors (Lipinski definition) is 5. The number of aromatic nitrogens is 5. The average Bonchev–Trinajstić information content (AvgIpc) is 3.43. The van der Waals surface area contributed by atoms with E-state index in [1.165, 1.54) is 12.8 Å². The first-order valence-electron chi connectivity index (χ1n) is 11.1. The highest BCUT2D eigenvalue weighted by Crippen LogP contribution is 2.57. The van der Waals surface area contributed by atoms with E-state index in [0.29, 0.717) is 22.6 Å². The zero-order valence-corrected chi connectivity index (χ0v) is 17.9. The second-order valence-electron chi connectivity index (χ2n) is 9.65. The maximum atomic E-state index is 13.5. The first-order chi connectivity index (χ1) is 15.4. The molecule has 0 spiro atoms. The van der Waals surface area contributed by atoms with Crippen molar-refractivity contribution in [1.82, 2.24) is 24.6 Å². The lowest BCUT2D eigenvalue weighted by atomic mass is 9.86. The molecule has 6 rings (SSSR count). The highest BCUT2D eigenvalue weighted by atomic mass is 19.3. The van der Waals surface area contributed by atoms with Crippen LogP contribution in [0.5, 0.6) is 0 Å². The molecule has 2 aliphatic carbocycles. The Kier molecular flexibility index (Phi) is 4.22. The van der Waals surface area contributed by atoms with Crippen molar-refractivity contribution in [2.75, 3.05) is 5.32 Å². The molecule has 0 unspecified atom stereocenters. The molecule has 2 aliphatic rings. The van der Waals surface area contributed by atoms with Gasteiger partial charge < -0.3 is 5.32 Å². The van der Waals surface area contributed by atoms with Gasteiger partial charge in [0.05, 0.1) is 28.7 Å². The number of nitrogens with zero attached hydrogens (tertiary/aromatic N) is 5. The lowest BCUT2D eigenvalue weighted by molar-refractivity contribution is 0.148. The van der Waals surface area contributed by atoms with Gasteiger partial charge in [0.1, 0.15) is 0 Å². The molecule has 0 amide bonds. The van der Waals surface area contributed by atoms with Crippen molar-refractivity contribution in [2.24, 2.45) is 5.41 Å². The highest BCUT2D eigenvalue weighted by Gasteiger charge is 2.52. The third-order valence-corrected chi connectivity index (χ3v) is 7.27. The Morgan fingerprint density at radius 2 is 1.84 bits per heavy atom. The summed E-state index contributed by atoms with van der Waals surface area (Å²) in [4.78, 5) is 13.3. The molecule has 1 N–H and O–H groups in total. The summed E-state index contributed by atoms with van der Waals surface area (Å²) in [5, 5.41) is 8.21. The molecule has 0 atom stereocenters. The summed E-state index contributed by atoms with van der Waals surface area (Å²) in [5.74, 6) is 0.436. The van der Waals surface area contributed by atoms with Gasteiger partial charge in [-0.3, -0.25) is 9.97 Å². The minimum Gasteiger partial charge on any atom is -0.348 e. The van der Waals surface area contributed by atoms with Crippen LogP contribution in [0, 0.1) is 5.41 Å². The Balaban J connectivity index is 1.44. The van der Waals surface area contributed by atoms with Gasteiger partial charge in [0.2, 0.25) is 12.4 Å². The number of benzene rings is 1. The van der Waals surface area contributed by atoms with Crippen LogP contribution in [0.25, 0.3) is 27.7 Å².